The maximum atomic E-state index is 13.8. The molecule has 3 aromatic carbocycles. The molecule has 10 heteroatoms. The van der Waals surface area contributed by atoms with Crippen LogP contribution in [0.3, 0.4) is 0 Å². The van der Waals surface area contributed by atoms with E-state index in [4.69, 9.17) is 19.3 Å². The first-order valence-corrected chi connectivity index (χ1v) is 11.5. The summed E-state index contributed by atoms with van der Waals surface area (Å²) in [6, 6.07) is 13.2. The van der Waals surface area contributed by atoms with Gasteiger partial charge in [-0.3, -0.25) is 0 Å². The van der Waals surface area contributed by atoms with Crippen molar-refractivity contribution in [2.75, 3.05) is 14.2 Å². The minimum absolute atomic E-state index is 0.0660. The third-order valence-corrected chi connectivity index (χ3v) is 6.06. The maximum Gasteiger partial charge on any atom is 0.417 e. The Labute approximate surface area is 188 Å². The van der Waals surface area contributed by atoms with Crippen LogP contribution < -0.4 is 19.3 Å². The van der Waals surface area contributed by atoms with Gasteiger partial charge in [0.1, 0.15) is 11.9 Å². The van der Waals surface area contributed by atoms with Crippen molar-refractivity contribution < 1.29 is 35.8 Å². The van der Waals surface area contributed by atoms with E-state index in [1.165, 1.54) is 44.6 Å². The molecule has 0 spiro atoms. The minimum Gasteiger partial charge on any atom is -0.493 e. The van der Waals surface area contributed by atoms with E-state index >= 15 is 0 Å². The molecular weight excluding hydrogens is 459 g/mol. The largest absolute Gasteiger partial charge is 0.493 e. The molecule has 4 rings (SSSR count). The average molecular weight is 479 g/mol. The Hall–Kier alpha value is -3.24. The molecule has 6 nitrogen and oxygen atoms in total. The van der Waals surface area contributed by atoms with Crippen molar-refractivity contribution in [3.8, 4) is 28.4 Å². The molecule has 0 bridgehead atoms. The minimum atomic E-state index is -4.61. The van der Waals surface area contributed by atoms with E-state index in [2.05, 4.69) is 0 Å². The number of hydrogen-bond acceptors (Lipinski definition) is 5. The lowest BCUT2D eigenvalue weighted by atomic mass is 9.86. The number of rotatable bonds is 5. The Bertz CT molecular complexity index is 1320. The van der Waals surface area contributed by atoms with Crippen LogP contribution in [-0.4, -0.2) is 22.6 Å². The number of ether oxygens (including phenoxy) is 3. The summed E-state index contributed by atoms with van der Waals surface area (Å²) in [5, 5.41) is 5.18. The highest BCUT2D eigenvalue weighted by Crippen LogP contribution is 2.50. The standard InChI is InChI=1S/C23H20F3NO5S/c1-30-18-9-7-14(11-20(18)31-2)22-16-10-13(12-33(27,28)29)6-8-15(16)21-17(23(24,25)26)4-3-5-19(21)32-22/h3-11,22H,12H2,1-2H3,(H2,27,28,29). The summed E-state index contributed by atoms with van der Waals surface area (Å²) >= 11 is 0. The molecule has 0 aliphatic carbocycles. The molecule has 0 saturated carbocycles. The number of alkyl halides is 3. The van der Waals surface area contributed by atoms with Gasteiger partial charge in [-0.15, -0.1) is 0 Å². The molecule has 0 saturated heterocycles. The van der Waals surface area contributed by atoms with Crippen molar-refractivity contribution in [2.24, 2.45) is 5.14 Å². The molecule has 1 heterocycles. The summed E-state index contributed by atoms with van der Waals surface area (Å²) in [5.74, 6) is 0.485. The molecule has 1 aliphatic rings. The van der Waals surface area contributed by atoms with Crippen molar-refractivity contribution >= 4 is 10.0 Å². The van der Waals surface area contributed by atoms with E-state index in [-0.39, 0.29) is 11.3 Å². The number of halogens is 3. The monoisotopic (exact) mass is 479 g/mol. The fourth-order valence-corrected chi connectivity index (χ4v) is 4.62. The van der Waals surface area contributed by atoms with E-state index in [9.17, 15) is 21.6 Å². The molecule has 2 N–H and O–H groups in total. The van der Waals surface area contributed by atoms with Crippen molar-refractivity contribution in [3.63, 3.8) is 0 Å². The smallest absolute Gasteiger partial charge is 0.417 e. The lowest BCUT2D eigenvalue weighted by Crippen LogP contribution is -2.20. The van der Waals surface area contributed by atoms with Crippen LogP contribution in [0.1, 0.15) is 28.4 Å². The second-order valence-corrected chi connectivity index (χ2v) is 9.13. The number of primary sulfonamides is 1. The van der Waals surface area contributed by atoms with E-state index in [1.54, 1.807) is 18.2 Å². The van der Waals surface area contributed by atoms with Gasteiger partial charge in [0.25, 0.3) is 0 Å². The molecule has 0 aromatic heterocycles. The molecular formula is C23H20F3NO5S. The van der Waals surface area contributed by atoms with Gasteiger partial charge in [-0.25, -0.2) is 13.6 Å². The van der Waals surface area contributed by atoms with Crippen LogP contribution in [0.15, 0.2) is 54.6 Å². The van der Waals surface area contributed by atoms with Crippen molar-refractivity contribution in [1.29, 1.82) is 0 Å². The molecule has 1 aliphatic heterocycles. The van der Waals surface area contributed by atoms with E-state index in [0.29, 0.717) is 33.8 Å². The molecule has 1 atom stereocenters. The predicted molar refractivity (Wildman–Crippen MR) is 116 cm³/mol. The van der Waals surface area contributed by atoms with Crippen molar-refractivity contribution in [2.45, 2.75) is 18.0 Å². The number of benzene rings is 3. The Morgan fingerprint density at radius 1 is 1.00 bits per heavy atom. The van der Waals surface area contributed by atoms with Crippen LogP contribution in [0.2, 0.25) is 0 Å². The summed E-state index contributed by atoms with van der Waals surface area (Å²) in [4.78, 5) is 0. The normalized spacial score (nSPS) is 15.3. The number of hydrogen-bond donors (Lipinski definition) is 1. The first-order valence-electron chi connectivity index (χ1n) is 9.74. The lowest BCUT2D eigenvalue weighted by molar-refractivity contribution is -0.137. The molecule has 174 valence electrons. The third kappa shape index (κ3) is 4.49. The van der Waals surface area contributed by atoms with Gasteiger partial charge in [0.2, 0.25) is 10.0 Å². The van der Waals surface area contributed by atoms with Gasteiger partial charge in [0, 0.05) is 16.7 Å². The molecule has 33 heavy (non-hydrogen) atoms. The average Bonchev–Trinajstić information content (AvgIpc) is 2.75. The quantitative estimate of drug-likeness (QED) is 0.575. The summed E-state index contributed by atoms with van der Waals surface area (Å²) in [6.45, 7) is 0. The third-order valence-electron chi connectivity index (χ3n) is 5.32. The topological polar surface area (TPSA) is 87.9 Å². The Morgan fingerprint density at radius 2 is 1.73 bits per heavy atom. The molecule has 1 unspecified atom stereocenters. The second-order valence-electron chi connectivity index (χ2n) is 7.52. The predicted octanol–water partition coefficient (Wildman–Crippen LogP) is 4.66. The zero-order valence-corrected chi connectivity index (χ0v) is 18.5. The fraction of sp³-hybridized carbons (Fsp3) is 0.217. The highest BCUT2D eigenvalue weighted by atomic mass is 32.2. The van der Waals surface area contributed by atoms with E-state index < -0.39 is 33.6 Å². The Kier molecular flexibility index (Phi) is 5.75. The molecule has 0 fully saturated rings. The Morgan fingerprint density at radius 3 is 2.36 bits per heavy atom. The first kappa shape index (κ1) is 22.9. The van der Waals surface area contributed by atoms with Crippen molar-refractivity contribution in [1.82, 2.24) is 0 Å². The van der Waals surface area contributed by atoms with Gasteiger partial charge in [-0.2, -0.15) is 13.2 Å². The van der Waals surface area contributed by atoms with Crippen LogP contribution in [0.25, 0.3) is 11.1 Å². The number of nitrogens with two attached hydrogens (primary N) is 1. The van der Waals surface area contributed by atoms with Gasteiger partial charge in [0.15, 0.2) is 11.5 Å². The lowest BCUT2D eigenvalue weighted by Gasteiger charge is -2.31. The second kappa shape index (κ2) is 8.27. The number of methoxy groups -OCH3 is 2. The summed E-state index contributed by atoms with van der Waals surface area (Å²) < 4.78 is 81.3. The van der Waals surface area contributed by atoms with Crippen LogP contribution in [-0.2, 0) is 22.0 Å². The van der Waals surface area contributed by atoms with E-state index in [0.717, 1.165) is 6.07 Å². The molecule has 0 amide bonds. The maximum absolute atomic E-state index is 13.8. The van der Waals surface area contributed by atoms with Crippen LogP contribution in [0.4, 0.5) is 13.2 Å². The molecule has 3 aromatic rings. The number of sulfonamides is 1. The van der Waals surface area contributed by atoms with Crippen molar-refractivity contribution in [3.05, 3.63) is 76.9 Å². The van der Waals surface area contributed by atoms with Gasteiger partial charge >= 0.3 is 6.18 Å². The summed E-state index contributed by atoms with van der Waals surface area (Å²) in [5.41, 5.74) is 0.655. The van der Waals surface area contributed by atoms with Gasteiger partial charge in [0.05, 0.1) is 25.5 Å². The summed E-state index contributed by atoms with van der Waals surface area (Å²) in [6.07, 6.45) is -5.43. The zero-order valence-electron chi connectivity index (χ0n) is 17.6. The highest BCUT2D eigenvalue weighted by molar-refractivity contribution is 7.88. The highest BCUT2D eigenvalue weighted by Gasteiger charge is 2.39. The first-order chi connectivity index (χ1) is 15.5. The number of fused-ring (bicyclic) bond motifs is 3. The van der Waals surface area contributed by atoms with Gasteiger partial charge < -0.3 is 14.2 Å². The fourth-order valence-electron chi connectivity index (χ4n) is 3.98. The zero-order chi connectivity index (χ0) is 24.0. The van der Waals surface area contributed by atoms with Crippen LogP contribution in [0, 0.1) is 0 Å². The van der Waals surface area contributed by atoms with Gasteiger partial charge in [-0.1, -0.05) is 30.3 Å². The van der Waals surface area contributed by atoms with Crippen LogP contribution >= 0.6 is 0 Å². The Balaban J connectivity index is 1.95. The van der Waals surface area contributed by atoms with Gasteiger partial charge in [-0.05, 0) is 35.4 Å². The summed E-state index contributed by atoms with van der Waals surface area (Å²) in [7, 11) is -0.906. The van der Waals surface area contributed by atoms with Crippen LogP contribution in [0.5, 0.6) is 17.2 Å². The molecule has 0 radical (unpaired) electrons. The van der Waals surface area contributed by atoms with E-state index in [1.807, 2.05) is 0 Å². The SMILES string of the molecule is COc1ccc(C2Oc3cccc(C(F)(F)F)c3-c3ccc(CS(N)(=O)=O)cc32)cc1OC.